The number of carbonyl (C=O) groups is 2. The largest absolute Gasteiger partial charge is 0.395 e. The zero-order valence-corrected chi connectivity index (χ0v) is 19.8. The molecule has 0 radical (unpaired) electrons. The average molecular weight is 497 g/mol. The summed E-state index contributed by atoms with van der Waals surface area (Å²) in [5.74, 6) is -1.46. The molecule has 3 aromatic carbocycles. The fraction of sp³-hybridized carbons (Fsp3) is 0.286. The predicted molar refractivity (Wildman–Crippen MR) is 132 cm³/mol. The number of aliphatic hydroxyl groups excluding tert-OH is 1. The smallest absolute Gasteiger partial charge is 0.251 e. The number of hydrogen-bond donors (Lipinski definition) is 4. The van der Waals surface area contributed by atoms with Crippen LogP contribution in [0.5, 0.6) is 0 Å². The molecule has 3 aromatic rings. The third kappa shape index (κ3) is 6.53. The molecular formula is C28H30F2N2O4. The first kappa shape index (κ1) is 27.0. The molecule has 4 N–H and O–H groups in total. The van der Waals surface area contributed by atoms with E-state index >= 15 is 0 Å². The van der Waals surface area contributed by atoms with Gasteiger partial charge in [0.1, 0.15) is 11.6 Å². The molecule has 0 spiro atoms. The second-order valence-corrected chi connectivity index (χ2v) is 8.61. The molecule has 0 saturated heterocycles. The molecule has 0 atom stereocenters. The molecule has 6 nitrogen and oxygen atoms in total. The lowest BCUT2D eigenvalue weighted by molar-refractivity contribution is -0.129. The second-order valence-electron chi connectivity index (χ2n) is 8.61. The van der Waals surface area contributed by atoms with Gasteiger partial charge in [-0.15, -0.1) is 0 Å². The van der Waals surface area contributed by atoms with Gasteiger partial charge >= 0.3 is 0 Å². The van der Waals surface area contributed by atoms with Crippen LogP contribution in [0.2, 0.25) is 0 Å². The first-order chi connectivity index (χ1) is 17.4. The SMILES string of the molecule is O=C(CCCCCCNC(=O)c1ccc(C(CO)(c2ccc(F)cc2)c2ccc(F)cc2)cc1)NO. The fourth-order valence-electron chi connectivity index (χ4n) is 4.27. The number of hydrogen-bond acceptors (Lipinski definition) is 4. The van der Waals surface area contributed by atoms with E-state index in [4.69, 9.17) is 5.21 Å². The number of halogens is 2. The van der Waals surface area contributed by atoms with Gasteiger partial charge in [0.25, 0.3) is 5.91 Å². The van der Waals surface area contributed by atoms with E-state index in [9.17, 15) is 23.5 Å². The van der Waals surface area contributed by atoms with Crippen LogP contribution in [0.25, 0.3) is 0 Å². The van der Waals surface area contributed by atoms with Crippen molar-refractivity contribution in [2.24, 2.45) is 0 Å². The summed E-state index contributed by atoms with van der Waals surface area (Å²) in [4.78, 5) is 23.6. The molecular weight excluding hydrogens is 466 g/mol. The number of aliphatic hydroxyl groups is 1. The van der Waals surface area contributed by atoms with Crippen LogP contribution in [0.3, 0.4) is 0 Å². The lowest BCUT2D eigenvalue weighted by Gasteiger charge is -2.34. The van der Waals surface area contributed by atoms with Crippen LogP contribution in [0.1, 0.15) is 59.2 Å². The minimum atomic E-state index is -1.08. The van der Waals surface area contributed by atoms with Crippen LogP contribution in [-0.4, -0.2) is 35.3 Å². The van der Waals surface area contributed by atoms with Crippen molar-refractivity contribution in [1.82, 2.24) is 10.8 Å². The van der Waals surface area contributed by atoms with Gasteiger partial charge in [0.05, 0.1) is 12.0 Å². The minimum absolute atomic E-state index is 0.237. The Hall–Kier alpha value is -3.62. The normalized spacial score (nSPS) is 11.2. The summed E-state index contributed by atoms with van der Waals surface area (Å²) >= 11 is 0. The van der Waals surface area contributed by atoms with Crippen molar-refractivity contribution in [3.63, 3.8) is 0 Å². The van der Waals surface area contributed by atoms with Crippen molar-refractivity contribution in [2.75, 3.05) is 13.2 Å². The highest BCUT2D eigenvalue weighted by atomic mass is 19.1. The molecule has 0 aromatic heterocycles. The van der Waals surface area contributed by atoms with Crippen molar-refractivity contribution >= 4 is 11.8 Å². The number of rotatable bonds is 12. The maximum atomic E-state index is 13.6. The molecule has 2 amide bonds. The molecule has 3 rings (SSSR count). The molecule has 8 heteroatoms. The predicted octanol–water partition coefficient (Wildman–Crippen LogP) is 4.48. The van der Waals surface area contributed by atoms with E-state index in [-0.39, 0.29) is 18.9 Å². The van der Waals surface area contributed by atoms with Gasteiger partial charge in [0.2, 0.25) is 5.91 Å². The summed E-state index contributed by atoms with van der Waals surface area (Å²) in [5.41, 5.74) is 2.90. The van der Waals surface area contributed by atoms with Crippen molar-refractivity contribution in [3.8, 4) is 0 Å². The molecule has 0 aliphatic carbocycles. The van der Waals surface area contributed by atoms with E-state index in [2.05, 4.69) is 5.32 Å². The van der Waals surface area contributed by atoms with E-state index < -0.39 is 23.0 Å². The van der Waals surface area contributed by atoms with Crippen LogP contribution in [0.15, 0.2) is 72.8 Å². The molecule has 190 valence electrons. The molecule has 36 heavy (non-hydrogen) atoms. The zero-order chi connectivity index (χ0) is 26.0. The van der Waals surface area contributed by atoms with E-state index in [1.54, 1.807) is 54.0 Å². The maximum Gasteiger partial charge on any atom is 0.251 e. The van der Waals surface area contributed by atoms with Crippen molar-refractivity contribution in [3.05, 3.63) is 107 Å². The van der Waals surface area contributed by atoms with Gasteiger partial charge in [-0.25, -0.2) is 14.3 Å². The van der Waals surface area contributed by atoms with Crippen LogP contribution < -0.4 is 10.8 Å². The standard InChI is InChI=1S/C28H30F2N2O4/c29-24-14-10-22(11-15-24)28(19-33,23-12-16-25(30)17-13-23)21-8-6-20(7-9-21)27(35)31-18-4-2-1-3-5-26(34)32-36/h6-17,33,36H,1-5,18-19H2,(H,31,35)(H,32,34). The van der Waals surface area contributed by atoms with Crippen LogP contribution in [-0.2, 0) is 10.2 Å². The van der Waals surface area contributed by atoms with Crippen molar-refractivity contribution < 1.29 is 28.7 Å². The van der Waals surface area contributed by atoms with Crippen LogP contribution >= 0.6 is 0 Å². The number of benzene rings is 3. The molecule has 0 aliphatic rings. The summed E-state index contributed by atoms with van der Waals surface area (Å²) in [6, 6.07) is 18.4. The highest BCUT2D eigenvalue weighted by Crippen LogP contribution is 2.39. The van der Waals surface area contributed by atoms with Gasteiger partial charge < -0.3 is 10.4 Å². The molecule has 0 saturated carbocycles. The minimum Gasteiger partial charge on any atom is -0.395 e. The Bertz CT molecular complexity index is 1090. The Morgan fingerprint density at radius 2 is 1.19 bits per heavy atom. The van der Waals surface area contributed by atoms with E-state index in [1.807, 2.05) is 0 Å². The first-order valence-electron chi connectivity index (χ1n) is 11.9. The topological polar surface area (TPSA) is 98.7 Å². The molecule has 0 aliphatic heterocycles. The number of nitrogens with one attached hydrogen (secondary N) is 2. The zero-order valence-electron chi connectivity index (χ0n) is 19.8. The number of hydroxylamine groups is 1. The van der Waals surface area contributed by atoms with Gasteiger partial charge in [0.15, 0.2) is 0 Å². The van der Waals surface area contributed by atoms with Gasteiger partial charge in [-0.2, -0.15) is 0 Å². The van der Waals surface area contributed by atoms with E-state index in [0.717, 1.165) is 19.3 Å². The summed E-state index contributed by atoms with van der Waals surface area (Å²) in [6.07, 6.45) is 3.34. The molecule has 0 fully saturated rings. The van der Waals surface area contributed by atoms with Gasteiger partial charge in [-0.1, -0.05) is 49.2 Å². The summed E-state index contributed by atoms with van der Waals surface area (Å²) in [7, 11) is 0. The van der Waals surface area contributed by atoms with Gasteiger partial charge in [0, 0.05) is 18.5 Å². The molecule has 0 unspecified atom stereocenters. The quantitative estimate of drug-likeness (QED) is 0.129. The van der Waals surface area contributed by atoms with Crippen molar-refractivity contribution in [2.45, 2.75) is 37.5 Å². The lowest BCUT2D eigenvalue weighted by Crippen LogP contribution is -2.34. The Morgan fingerprint density at radius 3 is 1.67 bits per heavy atom. The fourth-order valence-corrected chi connectivity index (χ4v) is 4.27. The molecule has 0 heterocycles. The van der Waals surface area contributed by atoms with Gasteiger partial charge in [-0.3, -0.25) is 14.8 Å². The highest BCUT2D eigenvalue weighted by Gasteiger charge is 2.36. The Kier molecular flexibility index (Phi) is 9.67. The maximum absolute atomic E-state index is 13.6. The lowest BCUT2D eigenvalue weighted by atomic mass is 9.70. The highest BCUT2D eigenvalue weighted by molar-refractivity contribution is 5.94. The van der Waals surface area contributed by atoms with Gasteiger partial charge in [-0.05, 0) is 65.9 Å². The molecule has 0 bridgehead atoms. The number of unbranched alkanes of at least 4 members (excludes halogenated alkanes) is 3. The number of carbonyl (C=O) groups excluding carboxylic acids is 2. The Balaban J connectivity index is 1.72. The summed E-state index contributed by atoms with van der Waals surface area (Å²) < 4.78 is 27.3. The summed E-state index contributed by atoms with van der Waals surface area (Å²) in [6.45, 7) is 0.133. The van der Waals surface area contributed by atoms with Crippen molar-refractivity contribution in [1.29, 1.82) is 0 Å². The third-order valence-electron chi connectivity index (χ3n) is 6.29. The Morgan fingerprint density at radius 1 is 0.722 bits per heavy atom. The summed E-state index contributed by atoms with van der Waals surface area (Å²) in [5, 5.41) is 21.9. The van der Waals surface area contributed by atoms with Crippen LogP contribution in [0.4, 0.5) is 8.78 Å². The monoisotopic (exact) mass is 496 g/mol. The van der Waals surface area contributed by atoms with E-state index in [1.165, 1.54) is 24.3 Å². The second kappa shape index (κ2) is 12.9. The third-order valence-corrected chi connectivity index (χ3v) is 6.29. The van der Waals surface area contributed by atoms with Crippen LogP contribution in [0, 0.1) is 11.6 Å². The first-order valence-corrected chi connectivity index (χ1v) is 11.9. The average Bonchev–Trinajstić information content (AvgIpc) is 2.90. The number of amides is 2. The van der Waals surface area contributed by atoms with E-state index in [0.29, 0.717) is 35.2 Å². The Labute approximate surface area is 208 Å².